The molecule has 3 N–H and O–H groups in total. The predicted molar refractivity (Wildman–Crippen MR) is 120 cm³/mol. The minimum absolute atomic E-state index is 0.0737. The molecule has 1 aliphatic rings. The summed E-state index contributed by atoms with van der Waals surface area (Å²) in [4.78, 5) is 24.9. The Morgan fingerprint density at radius 1 is 1.03 bits per heavy atom. The van der Waals surface area contributed by atoms with E-state index >= 15 is 0 Å². The van der Waals surface area contributed by atoms with E-state index in [-0.39, 0.29) is 11.8 Å². The molecule has 1 amide bonds. The van der Waals surface area contributed by atoms with Gasteiger partial charge in [0.05, 0.1) is 28.8 Å². The van der Waals surface area contributed by atoms with Crippen LogP contribution in [0, 0.1) is 5.92 Å². The average molecular weight is 408 g/mol. The molecule has 4 aromatic heterocycles. The quantitative estimate of drug-likeness (QED) is 0.393. The molecule has 1 saturated carbocycles. The van der Waals surface area contributed by atoms with Crippen molar-refractivity contribution in [2.75, 3.05) is 5.32 Å². The Morgan fingerprint density at radius 3 is 2.77 bits per heavy atom. The summed E-state index contributed by atoms with van der Waals surface area (Å²) in [6.45, 7) is 0. The highest BCUT2D eigenvalue weighted by Gasteiger charge is 2.25. The molecule has 0 radical (unpaired) electrons. The number of fused-ring (bicyclic) bond motifs is 2. The minimum Gasteiger partial charge on any atom is -0.353 e. The lowest BCUT2D eigenvalue weighted by Crippen LogP contribution is -2.28. The number of hydrogen-bond acceptors (Lipinski definition) is 4. The van der Waals surface area contributed by atoms with E-state index in [9.17, 15) is 4.79 Å². The third-order valence-electron chi connectivity index (χ3n) is 5.97. The minimum atomic E-state index is 0.0737. The van der Waals surface area contributed by atoms with Crippen molar-refractivity contribution in [1.29, 1.82) is 0 Å². The van der Waals surface area contributed by atoms with E-state index in [0.29, 0.717) is 5.69 Å². The number of rotatable bonds is 4. The zero-order chi connectivity index (χ0) is 20.8. The number of aromatic amines is 2. The van der Waals surface area contributed by atoms with Gasteiger partial charge in [-0.3, -0.25) is 14.9 Å². The number of nitrogens with zero attached hydrogens (tertiary/aromatic N) is 3. The summed E-state index contributed by atoms with van der Waals surface area (Å²) < 4.78 is 0. The molecular weight excluding hydrogens is 388 g/mol. The predicted octanol–water partition coefficient (Wildman–Crippen LogP) is 4.91. The highest BCUT2D eigenvalue weighted by atomic mass is 16.1. The normalized spacial score (nSPS) is 14.1. The molecule has 1 fully saturated rings. The van der Waals surface area contributed by atoms with Crippen LogP contribution >= 0.6 is 0 Å². The summed E-state index contributed by atoms with van der Waals surface area (Å²) in [6.07, 6.45) is 6.49. The van der Waals surface area contributed by atoms with Crippen molar-refractivity contribution in [3.8, 4) is 22.6 Å². The Kier molecular flexibility index (Phi) is 4.06. The standard InChI is InChI=1S/C24H20N6O/c31-24(14-5-3-6-14)26-17-10-16(12-25-13-17)19-8-9-20-22(28-19)23(30-29-20)21-11-15-4-1-2-7-18(15)27-21/h1-2,4,7-14,27H,3,5-6H2,(H,26,31)(H,29,30). The molecule has 7 heteroatoms. The number of hydrogen-bond donors (Lipinski definition) is 3. The van der Waals surface area contributed by atoms with Crippen LogP contribution < -0.4 is 5.32 Å². The summed E-state index contributed by atoms with van der Waals surface area (Å²) in [5, 5.41) is 11.7. The molecule has 1 aliphatic carbocycles. The van der Waals surface area contributed by atoms with Crippen LogP contribution in [-0.2, 0) is 4.79 Å². The third kappa shape index (κ3) is 3.15. The van der Waals surface area contributed by atoms with Crippen molar-refractivity contribution < 1.29 is 4.79 Å². The van der Waals surface area contributed by atoms with Gasteiger partial charge in [-0.05, 0) is 43.2 Å². The van der Waals surface area contributed by atoms with Gasteiger partial charge in [0.25, 0.3) is 0 Å². The highest BCUT2D eigenvalue weighted by Crippen LogP contribution is 2.31. The third-order valence-corrected chi connectivity index (χ3v) is 5.97. The number of carbonyl (C=O) groups is 1. The van der Waals surface area contributed by atoms with Crippen molar-refractivity contribution in [3.63, 3.8) is 0 Å². The lowest BCUT2D eigenvalue weighted by molar-refractivity contribution is -0.122. The van der Waals surface area contributed by atoms with Gasteiger partial charge in [-0.25, -0.2) is 4.98 Å². The van der Waals surface area contributed by atoms with E-state index in [1.807, 2.05) is 36.4 Å². The van der Waals surface area contributed by atoms with Crippen LogP contribution in [0.15, 0.2) is 60.9 Å². The number of nitrogens with one attached hydrogen (secondary N) is 3. The molecule has 0 atom stereocenters. The first-order valence-corrected chi connectivity index (χ1v) is 10.4. The summed E-state index contributed by atoms with van der Waals surface area (Å²) in [6, 6.07) is 16.0. The second-order valence-electron chi connectivity index (χ2n) is 8.01. The van der Waals surface area contributed by atoms with Crippen LogP contribution in [0.1, 0.15) is 19.3 Å². The number of pyridine rings is 2. The van der Waals surface area contributed by atoms with E-state index in [0.717, 1.165) is 63.8 Å². The Balaban J connectivity index is 1.37. The van der Waals surface area contributed by atoms with E-state index in [1.165, 1.54) is 0 Å². The second-order valence-corrected chi connectivity index (χ2v) is 8.01. The first kappa shape index (κ1) is 17.8. The molecule has 4 heterocycles. The largest absolute Gasteiger partial charge is 0.353 e. The lowest BCUT2D eigenvalue weighted by Gasteiger charge is -2.24. The van der Waals surface area contributed by atoms with Crippen molar-refractivity contribution in [2.24, 2.45) is 5.92 Å². The monoisotopic (exact) mass is 408 g/mol. The summed E-state index contributed by atoms with van der Waals surface area (Å²) in [7, 11) is 0. The molecular formula is C24H20N6O. The molecule has 0 saturated heterocycles. The van der Waals surface area contributed by atoms with Gasteiger partial charge < -0.3 is 10.3 Å². The molecule has 5 aromatic rings. The van der Waals surface area contributed by atoms with Crippen LogP contribution in [0.4, 0.5) is 5.69 Å². The fourth-order valence-electron chi connectivity index (χ4n) is 4.01. The Hall–Kier alpha value is -4.00. The van der Waals surface area contributed by atoms with Crippen LogP contribution in [-0.4, -0.2) is 31.1 Å². The van der Waals surface area contributed by atoms with Gasteiger partial charge in [0.15, 0.2) is 0 Å². The number of aromatic nitrogens is 5. The molecule has 0 aliphatic heterocycles. The smallest absolute Gasteiger partial charge is 0.227 e. The first-order valence-electron chi connectivity index (χ1n) is 10.4. The fraction of sp³-hybridized carbons (Fsp3) is 0.167. The SMILES string of the molecule is O=C(Nc1cncc(-c2ccc3[nH]nc(-c4cc5ccccc5[nH]4)c3n2)c1)C1CCC1. The second kappa shape index (κ2) is 7.05. The van der Waals surface area contributed by atoms with Gasteiger partial charge in [-0.1, -0.05) is 24.6 Å². The molecule has 0 spiro atoms. The zero-order valence-electron chi connectivity index (χ0n) is 16.7. The molecule has 1 aromatic carbocycles. The number of amides is 1. The van der Waals surface area contributed by atoms with Crippen LogP contribution in [0.25, 0.3) is 44.6 Å². The zero-order valence-corrected chi connectivity index (χ0v) is 16.7. The van der Waals surface area contributed by atoms with Crippen molar-refractivity contribution in [2.45, 2.75) is 19.3 Å². The number of anilines is 1. The summed E-state index contributed by atoms with van der Waals surface area (Å²) in [5.41, 5.74) is 6.71. The maximum absolute atomic E-state index is 12.3. The van der Waals surface area contributed by atoms with Gasteiger partial charge in [-0.15, -0.1) is 0 Å². The van der Waals surface area contributed by atoms with E-state index in [2.05, 4.69) is 37.6 Å². The van der Waals surface area contributed by atoms with Gasteiger partial charge in [0.1, 0.15) is 11.2 Å². The van der Waals surface area contributed by atoms with Gasteiger partial charge in [-0.2, -0.15) is 5.10 Å². The molecule has 7 nitrogen and oxygen atoms in total. The number of carbonyl (C=O) groups excluding carboxylic acids is 1. The lowest BCUT2D eigenvalue weighted by atomic mass is 9.85. The molecule has 152 valence electrons. The van der Waals surface area contributed by atoms with Gasteiger partial charge in [0, 0.05) is 28.6 Å². The highest BCUT2D eigenvalue weighted by molar-refractivity contribution is 5.95. The molecule has 0 unspecified atom stereocenters. The number of benzene rings is 1. The Bertz CT molecular complexity index is 1400. The number of para-hydroxylation sites is 1. The van der Waals surface area contributed by atoms with E-state index in [4.69, 9.17) is 4.98 Å². The summed E-state index contributed by atoms with van der Waals surface area (Å²) >= 11 is 0. The average Bonchev–Trinajstić information content (AvgIpc) is 3.36. The molecule has 0 bridgehead atoms. The van der Waals surface area contributed by atoms with Crippen LogP contribution in [0.3, 0.4) is 0 Å². The van der Waals surface area contributed by atoms with Gasteiger partial charge >= 0.3 is 0 Å². The van der Waals surface area contributed by atoms with Crippen molar-refractivity contribution in [1.82, 2.24) is 25.1 Å². The Labute approximate surface area is 177 Å². The first-order chi connectivity index (χ1) is 15.2. The van der Waals surface area contributed by atoms with Gasteiger partial charge in [0.2, 0.25) is 5.91 Å². The summed E-state index contributed by atoms with van der Waals surface area (Å²) in [5.74, 6) is 0.201. The molecule has 6 rings (SSSR count). The van der Waals surface area contributed by atoms with Crippen LogP contribution in [0.2, 0.25) is 0 Å². The maximum Gasteiger partial charge on any atom is 0.227 e. The topological polar surface area (TPSA) is 99.4 Å². The fourth-order valence-corrected chi connectivity index (χ4v) is 4.01. The molecule has 31 heavy (non-hydrogen) atoms. The van der Waals surface area contributed by atoms with Crippen LogP contribution in [0.5, 0.6) is 0 Å². The van der Waals surface area contributed by atoms with E-state index in [1.54, 1.807) is 12.4 Å². The maximum atomic E-state index is 12.3. The van der Waals surface area contributed by atoms with Crippen molar-refractivity contribution >= 4 is 33.5 Å². The number of H-pyrrole nitrogens is 2. The Morgan fingerprint density at radius 2 is 1.94 bits per heavy atom. The van der Waals surface area contributed by atoms with Crippen molar-refractivity contribution in [3.05, 3.63) is 60.9 Å². The van der Waals surface area contributed by atoms with E-state index < -0.39 is 0 Å².